The fraction of sp³-hybridized carbons (Fsp3) is 0.0952. The quantitative estimate of drug-likeness (QED) is 0.546. The van der Waals surface area contributed by atoms with E-state index >= 15 is 0 Å². The third kappa shape index (κ3) is 3.50. The van der Waals surface area contributed by atoms with Crippen LogP contribution in [0.4, 0.5) is 5.69 Å². The van der Waals surface area contributed by atoms with Crippen molar-refractivity contribution in [2.24, 2.45) is 4.99 Å². The maximum Gasteiger partial charge on any atom is 0.0630 e. The smallest absolute Gasteiger partial charge is 0.0630 e. The van der Waals surface area contributed by atoms with E-state index in [1.54, 1.807) is 0 Å². The molecule has 0 N–H and O–H groups in total. The summed E-state index contributed by atoms with van der Waals surface area (Å²) in [6.07, 6.45) is 1.91. The molecular formula is C21H19N. The average molecular weight is 285 g/mol. The van der Waals surface area contributed by atoms with Gasteiger partial charge in [0.2, 0.25) is 0 Å². The van der Waals surface area contributed by atoms with Gasteiger partial charge in [0.15, 0.2) is 0 Å². The Bertz CT molecular complexity index is 764. The Morgan fingerprint density at radius 3 is 1.59 bits per heavy atom. The number of hydrogen-bond donors (Lipinski definition) is 0. The first-order chi connectivity index (χ1) is 10.7. The van der Waals surface area contributed by atoms with Crippen LogP contribution in [0.25, 0.3) is 11.1 Å². The zero-order chi connectivity index (χ0) is 15.4. The standard InChI is InChI=1S/C21H19N/c1-16-3-9-19(10-4-16)20-11-7-18(8-12-20)15-22-21-13-5-17(2)6-14-21/h3-15H,1-2H3. The van der Waals surface area contributed by atoms with Crippen LogP contribution in [-0.2, 0) is 0 Å². The van der Waals surface area contributed by atoms with Crippen molar-refractivity contribution in [2.75, 3.05) is 0 Å². The molecule has 0 saturated heterocycles. The van der Waals surface area contributed by atoms with E-state index in [0.29, 0.717) is 0 Å². The molecule has 22 heavy (non-hydrogen) atoms. The van der Waals surface area contributed by atoms with E-state index in [9.17, 15) is 0 Å². The van der Waals surface area contributed by atoms with Crippen LogP contribution in [0.2, 0.25) is 0 Å². The maximum absolute atomic E-state index is 4.51. The van der Waals surface area contributed by atoms with Gasteiger partial charge in [-0.05, 0) is 42.7 Å². The molecule has 0 unspecified atom stereocenters. The molecule has 0 aliphatic rings. The van der Waals surface area contributed by atoms with Gasteiger partial charge >= 0.3 is 0 Å². The van der Waals surface area contributed by atoms with Gasteiger partial charge in [-0.25, -0.2) is 0 Å². The van der Waals surface area contributed by atoms with Crippen LogP contribution in [0.3, 0.4) is 0 Å². The molecule has 0 heterocycles. The molecule has 0 aliphatic carbocycles. The van der Waals surface area contributed by atoms with E-state index in [2.05, 4.69) is 79.5 Å². The SMILES string of the molecule is Cc1ccc(N=Cc2ccc(-c3ccc(C)cc3)cc2)cc1. The van der Waals surface area contributed by atoms with Crippen LogP contribution < -0.4 is 0 Å². The lowest BCUT2D eigenvalue weighted by atomic mass is 10.0. The fourth-order valence-electron chi connectivity index (χ4n) is 2.29. The Morgan fingerprint density at radius 1 is 0.591 bits per heavy atom. The van der Waals surface area contributed by atoms with E-state index in [-0.39, 0.29) is 0 Å². The van der Waals surface area contributed by atoms with Crippen LogP contribution in [-0.4, -0.2) is 6.21 Å². The van der Waals surface area contributed by atoms with Gasteiger partial charge in [0.05, 0.1) is 5.69 Å². The molecule has 1 nitrogen and oxygen atoms in total. The average Bonchev–Trinajstić information content (AvgIpc) is 2.56. The van der Waals surface area contributed by atoms with Crippen molar-refractivity contribution in [2.45, 2.75) is 13.8 Å². The normalized spacial score (nSPS) is 11.0. The molecule has 0 aromatic heterocycles. The Morgan fingerprint density at radius 2 is 1.05 bits per heavy atom. The number of hydrogen-bond acceptors (Lipinski definition) is 1. The third-order valence-electron chi connectivity index (χ3n) is 3.69. The van der Waals surface area contributed by atoms with Crippen molar-refractivity contribution in [3.8, 4) is 11.1 Å². The van der Waals surface area contributed by atoms with Gasteiger partial charge in [0, 0.05) is 6.21 Å². The molecule has 3 rings (SSSR count). The molecular weight excluding hydrogens is 266 g/mol. The van der Waals surface area contributed by atoms with Gasteiger partial charge in [-0.15, -0.1) is 0 Å². The first-order valence-corrected chi connectivity index (χ1v) is 7.48. The molecule has 108 valence electrons. The molecule has 0 fully saturated rings. The summed E-state index contributed by atoms with van der Waals surface area (Å²) in [5, 5.41) is 0. The minimum atomic E-state index is 0.980. The van der Waals surface area contributed by atoms with Gasteiger partial charge in [-0.3, -0.25) is 4.99 Å². The van der Waals surface area contributed by atoms with Crippen molar-refractivity contribution in [1.82, 2.24) is 0 Å². The zero-order valence-corrected chi connectivity index (χ0v) is 13.0. The summed E-state index contributed by atoms with van der Waals surface area (Å²) in [6.45, 7) is 4.19. The molecule has 0 aliphatic heterocycles. The monoisotopic (exact) mass is 285 g/mol. The topological polar surface area (TPSA) is 12.4 Å². The number of nitrogens with zero attached hydrogens (tertiary/aromatic N) is 1. The largest absolute Gasteiger partial charge is 0.256 e. The minimum Gasteiger partial charge on any atom is -0.256 e. The highest BCUT2D eigenvalue weighted by Crippen LogP contribution is 2.20. The predicted octanol–water partition coefficient (Wildman–Crippen LogP) is 5.72. The van der Waals surface area contributed by atoms with Crippen LogP contribution in [0.1, 0.15) is 16.7 Å². The summed E-state index contributed by atoms with van der Waals surface area (Å²) >= 11 is 0. The van der Waals surface area contributed by atoms with Gasteiger partial charge in [-0.1, -0.05) is 71.8 Å². The molecule has 0 saturated carbocycles. The summed E-state index contributed by atoms with van der Waals surface area (Å²) in [6, 6.07) is 25.3. The van der Waals surface area contributed by atoms with E-state index in [1.165, 1.54) is 22.3 Å². The van der Waals surface area contributed by atoms with Crippen LogP contribution >= 0.6 is 0 Å². The first-order valence-electron chi connectivity index (χ1n) is 7.48. The van der Waals surface area contributed by atoms with Crippen LogP contribution in [0, 0.1) is 13.8 Å². The summed E-state index contributed by atoms with van der Waals surface area (Å²) in [5.74, 6) is 0. The Kier molecular flexibility index (Phi) is 4.15. The van der Waals surface area contributed by atoms with Gasteiger partial charge < -0.3 is 0 Å². The van der Waals surface area contributed by atoms with Crippen LogP contribution in [0.15, 0.2) is 77.8 Å². The second-order valence-corrected chi connectivity index (χ2v) is 5.58. The highest BCUT2D eigenvalue weighted by molar-refractivity contribution is 5.83. The summed E-state index contributed by atoms with van der Waals surface area (Å²) in [4.78, 5) is 4.51. The molecule has 3 aromatic carbocycles. The molecule has 0 bridgehead atoms. The minimum absolute atomic E-state index is 0.980. The first kappa shape index (κ1) is 14.3. The Hall–Kier alpha value is -2.67. The Labute approximate surface area is 132 Å². The second kappa shape index (κ2) is 6.40. The molecule has 0 atom stereocenters. The van der Waals surface area contributed by atoms with Gasteiger partial charge in [0.1, 0.15) is 0 Å². The van der Waals surface area contributed by atoms with Crippen molar-refractivity contribution in [3.63, 3.8) is 0 Å². The Balaban J connectivity index is 1.76. The zero-order valence-electron chi connectivity index (χ0n) is 13.0. The highest BCUT2D eigenvalue weighted by atomic mass is 14.7. The van der Waals surface area contributed by atoms with Crippen LogP contribution in [0.5, 0.6) is 0 Å². The fourth-order valence-corrected chi connectivity index (χ4v) is 2.29. The van der Waals surface area contributed by atoms with Crippen molar-refractivity contribution < 1.29 is 0 Å². The summed E-state index contributed by atoms with van der Waals surface area (Å²) in [7, 11) is 0. The van der Waals surface area contributed by atoms with E-state index < -0.39 is 0 Å². The lowest BCUT2D eigenvalue weighted by molar-refractivity contribution is 1.44. The summed E-state index contributed by atoms with van der Waals surface area (Å²) in [5.41, 5.74) is 7.09. The number of benzene rings is 3. The molecule has 3 aromatic rings. The van der Waals surface area contributed by atoms with Crippen molar-refractivity contribution in [3.05, 3.63) is 89.5 Å². The summed E-state index contributed by atoms with van der Waals surface area (Å²) < 4.78 is 0. The molecule has 1 heteroatoms. The van der Waals surface area contributed by atoms with Crippen molar-refractivity contribution >= 4 is 11.9 Å². The second-order valence-electron chi connectivity index (χ2n) is 5.58. The number of aliphatic imine (C=N–C) groups is 1. The van der Waals surface area contributed by atoms with Gasteiger partial charge in [-0.2, -0.15) is 0 Å². The van der Waals surface area contributed by atoms with E-state index in [1.807, 2.05) is 18.3 Å². The van der Waals surface area contributed by atoms with E-state index in [4.69, 9.17) is 0 Å². The van der Waals surface area contributed by atoms with E-state index in [0.717, 1.165) is 11.3 Å². The highest BCUT2D eigenvalue weighted by Gasteiger charge is 1.97. The molecule has 0 radical (unpaired) electrons. The lowest BCUT2D eigenvalue weighted by Crippen LogP contribution is -1.83. The maximum atomic E-state index is 4.51. The third-order valence-corrected chi connectivity index (χ3v) is 3.69. The molecule has 0 spiro atoms. The lowest BCUT2D eigenvalue weighted by Gasteiger charge is -2.03. The van der Waals surface area contributed by atoms with Gasteiger partial charge in [0.25, 0.3) is 0 Å². The predicted molar refractivity (Wildman–Crippen MR) is 95.0 cm³/mol. The number of rotatable bonds is 3. The number of aryl methyl sites for hydroxylation is 2. The molecule has 0 amide bonds. The van der Waals surface area contributed by atoms with Crippen molar-refractivity contribution in [1.29, 1.82) is 0 Å².